The van der Waals surface area contributed by atoms with E-state index >= 15 is 0 Å². The Hall–Kier alpha value is -2.15. The van der Waals surface area contributed by atoms with Gasteiger partial charge < -0.3 is 4.90 Å². The minimum absolute atomic E-state index is 0.0265. The van der Waals surface area contributed by atoms with Gasteiger partial charge >= 0.3 is 0 Å². The summed E-state index contributed by atoms with van der Waals surface area (Å²) in [6, 6.07) is 5.98. The van der Waals surface area contributed by atoms with Crippen LogP contribution in [0.4, 0.5) is 0 Å². The molecule has 22 heavy (non-hydrogen) atoms. The average Bonchev–Trinajstić information content (AvgIpc) is 2.99. The molecule has 6 nitrogen and oxygen atoms in total. The monoisotopic (exact) mass is 359 g/mol. The average molecular weight is 360 g/mol. The Bertz CT molecular complexity index is 862. The largest absolute Gasteiger partial charge is 0.333 e. The zero-order valence-corrected chi connectivity index (χ0v) is 13.6. The number of amides is 1. The number of rotatable bonds is 2. The fraction of sp³-hybridized carbons (Fsp3) is 0.267. The SMILES string of the molecule is Cc1nc2ccccn2c1C(=O)N1CC(n2cc(Br)cn2)C1. The molecule has 0 aliphatic carbocycles. The van der Waals surface area contributed by atoms with Gasteiger partial charge in [0.15, 0.2) is 0 Å². The zero-order chi connectivity index (χ0) is 15.3. The van der Waals surface area contributed by atoms with Crippen LogP contribution in [0, 0.1) is 6.92 Å². The molecule has 3 aromatic heterocycles. The second-order valence-electron chi connectivity index (χ2n) is 5.48. The van der Waals surface area contributed by atoms with E-state index in [0.717, 1.165) is 15.8 Å². The van der Waals surface area contributed by atoms with Crippen LogP contribution in [0.1, 0.15) is 22.2 Å². The van der Waals surface area contributed by atoms with Gasteiger partial charge in [0.25, 0.3) is 5.91 Å². The van der Waals surface area contributed by atoms with Gasteiger partial charge in [0.2, 0.25) is 0 Å². The highest BCUT2D eigenvalue weighted by atomic mass is 79.9. The first-order valence-electron chi connectivity index (χ1n) is 7.06. The van der Waals surface area contributed by atoms with E-state index in [2.05, 4.69) is 26.0 Å². The van der Waals surface area contributed by atoms with Crippen molar-refractivity contribution in [1.82, 2.24) is 24.1 Å². The van der Waals surface area contributed by atoms with Crippen LogP contribution in [0.25, 0.3) is 5.65 Å². The summed E-state index contributed by atoms with van der Waals surface area (Å²) < 4.78 is 4.71. The summed E-state index contributed by atoms with van der Waals surface area (Å²) in [5.41, 5.74) is 2.22. The van der Waals surface area contributed by atoms with Gasteiger partial charge in [-0.25, -0.2) is 4.98 Å². The number of carbonyl (C=O) groups excluding carboxylic acids is 1. The number of hydrogen-bond acceptors (Lipinski definition) is 3. The molecule has 0 spiro atoms. The molecule has 0 radical (unpaired) electrons. The van der Waals surface area contributed by atoms with E-state index in [1.807, 2.05) is 51.5 Å². The first kappa shape index (κ1) is 13.5. The van der Waals surface area contributed by atoms with Crippen molar-refractivity contribution in [2.75, 3.05) is 13.1 Å². The van der Waals surface area contributed by atoms with E-state index in [9.17, 15) is 4.79 Å². The molecule has 112 valence electrons. The summed E-state index contributed by atoms with van der Waals surface area (Å²) in [6.45, 7) is 3.22. The standard InChI is InChI=1S/C15H14BrN5O/c1-10-14(20-5-3-2-4-13(20)18-10)15(22)19-8-12(9-19)21-7-11(16)6-17-21/h2-7,12H,8-9H2,1H3. The van der Waals surface area contributed by atoms with E-state index in [4.69, 9.17) is 0 Å². The summed E-state index contributed by atoms with van der Waals surface area (Å²) in [5, 5.41) is 4.28. The lowest BCUT2D eigenvalue weighted by Crippen LogP contribution is -2.51. The van der Waals surface area contributed by atoms with Crippen LogP contribution in [0.2, 0.25) is 0 Å². The number of aromatic nitrogens is 4. The molecule has 1 aliphatic rings. The number of pyridine rings is 1. The van der Waals surface area contributed by atoms with Crippen molar-refractivity contribution in [3.05, 3.63) is 52.7 Å². The second-order valence-corrected chi connectivity index (χ2v) is 6.39. The number of fused-ring (bicyclic) bond motifs is 1. The van der Waals surface area contributed by atoms with Crippen molar-refractivity contribution in [2.24, 2.45) is 0 Å². The van der Waals surface area contributed by atoms with Crippen molar-refractivity contribution in [3.8, 4) is 0 Å². The Labute approximate surface area is 135 Å². The van der Waals surface area contributed by atoms with Gasteiger partial charge in [-0.05, 0) is 35.0 Å². The van der Waals surface area contributed by atoms with Crippen LogP contribution in [0.15, 0.2) is 41.3 Å². The molecule has 0 aromatic carbocycles. The Morgan fingerprint density at radius 2 is 2.18 bits per heavy atom. The Morgan fingerprint density at radius 3 is 2.91 bits per heavy atom. The van der Waals surface area contributed by atoms with Crippen molar-refractivity contribution < 1.29 is 4.79 Å². The molecule has 0 saturated carbocycles. The van der Waals surface area contributed by atoms with Crippen LogP contribution in [0.3, 0.4) is 0 Å². The van der Waals surface area contributed by atoms with Crippen LogP contribution in [-0.2, 0) is 0 Å². The maximum Gasteiger partial charge on any atom is 0.272 e. The fourth-order valence-corrected chi connectivity index (χ4v) is 3.13. The number of likely N-dealkylation sites (tertiary alicyclic amines) is 1. The van der Waals surface area contributed by atoms with E-state index in [-0.39, 0.29) is 11.9 Å². The topological polar surface area (TPSA) is 55.4 Å². The molecular weight excluding hydrogens is 346 g/mol. The normalized spacial score (nSPS) is 15.3. The lowest BCUT2D eigenvalue weighted by atomic mass is 10.1. The van der Waals surface area contributed by atoms with Crippen LogP contribution < -0.4 is 0 Å². The van der Waals surface area contributed by atoms with Gasteiger partial charge in [-0.2, -0.15) is 5.10 Å². The summed E-state index contributed by atoms with van der Waals surface area (Å²) in [6.07, 6.45) is 5.58. The number of nitrogens with zero attached hydrogens (tertiary/aromatic N) is 5. The Kier molecular flexibility index (Phi) is 3.04. The van der Waals surface area contributed by atoms with Crippen LogP contribution >= 0.6 is 15.9 Å². The Morgan fingerprint density at radius 1 is 1.36 bits per heavy atom. The first-order valence-corrected chi connectivity index (χ1v) is 7.85. The van der Waals surface area contributed by atoms with Crippen molar-refractivity contribution in [2.45, 2.75) is 13.0 Å². The molecule has 1 aliphatic heterocycles. The van der Waals surface area contributed by atoms with Crippen molar-refractivity contribution >= 4 is 27.5 Å². The number of imidazole rings is 1. The van der Waals surface area contributed by atoms with Gasteiger partial charge in [0.05, 0.1) is 22.4 Å². The molecule has 4 heterocycles. The summed E-state index contributed by atoms with van der Waals surface area (Å²) >= 11 is 3.39. The number of aryl methyl sites for hydroxylation is 1. The predicted octanol–water partition coefficient (Wildman–Crippen LogP) is 2.30. The lowest BCUT2D eigenvalue weighted by molar-refractivity contribution is 0.0493. The van der Waals surface area contributed by atoms with Gasteiger partial charge in [-0.1, -0.05) is 6.07 Å². The van der Waals surface area contributed by atoms with E-state index in [1.165, 1.54) is 0 Å². The van der Waals surface area contributed by atoms with Crippen LogP contribution in [0.5, 0.6) is 0 Å². The zero-order valence-electron chi connectivity index (χ0n) is 12.0. The maximum atomic E-state index is 12.7. The van der Waals surface area contributed by atoms with Gasteiger partial charge in [-0.15, -0.1) is 0 Å². The lowest BCUT2D eigenvalue weighted by Gasteiger charge is -2.39. The van der Waals surface area contributed by atoms with Crippen molar-refractivity contribution in [1.29, 1.82) is 0 Å². The highest BCUT2D eigenvalue weighted by Gasteiger charge is 2.34. The molecule has 4 rings (SSSR count). The van der Waals surface area contributed by atoms with Gasteiger partial charge in [0, 0.05) is 25.5 Å². The Balaban J connectivity index is 1.57. The molecule has 1 amide bonds. The fourth-order valence-electron chi connectivity index (χ4n) is 2.82. The highest BCUT2D eigenvalue weighted by molar-refractivity contribution is 9.10. The highest BCUT2D eigenvalue weighted by Crippen LogP contribution is 2.25. The third kappa shape index (κ3) is 2.04. The summed E-state index contributed by atoms with van der Waals surface area (Å²) in [5.74, 6) is 0.0265. The molecule has 0 atom stereocenters. The quantitative estimate of drug-likeness (QED) is 0.705. The summed E-state index contributed by atoms with van der Waals surface area (Å²) in [4.78, 5) is 19.0. The number of carbonyl (C=O) groups is 1. The van der Waals surface area contributed by atoms with Crippen LogP contribution in [-0.4, -0.2) is 43.1 Å². The molecule has 7 heteroatoms. The predicted molar refractivity (Wildman–Crippen MR) is 84.8 cm³/mol. The number of hydrogen-bond donors (Lipinski definition) is 0. The molecule has 3 aromatic rings. The minimum Gasteiger partial charge on any atom is -0.333 e. The second kappa shape index (κ2) is 4.95. The third-order valence-corrected chi connectivity index (χ3v) is 4.41. The third-order valence-electron chi connectivity index (χ3n) is 4.00. The molecule has 1 fully saturated rings. The smallest absolute Gasteiger partial charge is 0.272 e. The molecule has 0 N–H and O–H groups in total. The first-order chi connectivity index (χ1) is 10.6. The molecule has 0 unspecified atom stereocenters. The number of halogens is 1. The van der Waals surface area contributed by atoms with E-state index in [0.29, 0.717) is 18.8 Å². The summed E-state index contributed by atoms with van der Waals surface area (Å²) in [7, 11) is 0. The minimum atomic E-state index is 0.0265. The van der Waals surface area contributed by atoms with Gasteiger partial charge in [0.1, 0.15) is 11.3 Å². The van der Waals surface area contributed by atoms with E-state index in [1.54, 1.807) is 6.20 Å². The van der Waals surface area contributed by atoms with E-state index < -0.39 is 0 Å². The molecule has 0 bridgehead atoms. The van der Waals surface area contributed by atoms with Gasteiger partial charge in [-0.3, -0.25) is 13.9 Å². The molecular formula is C15H14BrN5O. The maximum absolute atomic E-state index is 12.7. The molecule has 1 saturated heterocycles. The van der Waals surface area contributed by atoms with Crippen molar-refractivity contribution in [3.63, 3.8) is 0 Å².